The molecule has 1 unspecified atom stereocenters. The van der Waals surface area contributed by atoms with Gasteiger partial charge in [-0.15, -0.1) is 0 Å². The number of anilines is 3. The molecular formula is C22H21F3N6O. The van der Waals surface area contributed by atoms with Gasteiger partial charge < -0.3 is 15.5 Å². The number of alkyl halides is 3. The summed E-state index contributed by atoms with van der Waals surface area (Å²) < 4.78 is 40.5. The number of halogens is 3. The molecule has 0 radical (unpaired) electrons. The smallest absolute Gasteiger partial charge is 0.384 e. The minimum atomic E-state index is -4.42. The zero-order chi connectivity index (χ0) is 22.6. The molecule has 1 fully saturated rings. The number of hydrogen-bond acceptors (Lipinski definition) is 5. The van der Waals surface area contributed by atoms with E-state index in [1.807, 2.05) is 19.1 Å². The number of nitrogens with two attached hydrogens (primary N) is 1. The third-order valence-electron chi connectivity index (χ3n) is 6.04. The van der Waals surface area contributed by atoms with Gasteiger partial charge in [-0.05, 0) is 43.3 Å². The Morgan fingerprint density at radius 2 is 1.78 bits per heavy atom. The van der Waals surface area contributed by atoms with E-state index in [2.05, 4.69) is 15.0 Å². The van der Waals surface area contributed by atoms with Crippen LogP contribution in [-0.2, 0) is 6.18 Å². The van der Waals surface area contributed by atoms with Crippen molar-refractivity contribution in [3.05, 3.63) is 65.5 Å². The van der Waals surface area contributed by atoms with Crippen LogP contribution in [0.4, 0.5) is 30.5 Å². The lowest BCUT2D eigenvalue weighted by Gasteiger charge is -2.41. The molecule has 0 spiro atoms. The van der Waals surface area contributed by atoms with Gasteiger partial charge in [-0.25, -0.2) is 4.98 Å². The number of rotatable bonds is 3. The fraction of sp³-hybridized carbons (Fsp3) is 0.318. The molecule has 7 nitrogen and oxygen atoms in total. The molecule has 166 valence electrons. The maximum Gasteiger partial charge on any atom is 0.416 e. The van der Waals surface area contributed by atoms with Crippen LogP contribution in [0.2, 0.25) is 0 Å². The Hall–Kier alpha value is -3.56. The predicted molar refractivity (Wildman–Crippen MR) is 114 cm³/mol. The second kappa shape index (κ2) is 7.25. The number of hydrogen-bond donors (Lipinski definition) is 1. The number of benzene rings is 1. The lowest BCUT2D eigenvalue weighted by molar-refractivity contribution is -0.137. The normalized spacial score (nSPS) is 19.1. The van der Waals surface area contributed by atoms with Gasteiger partial charge in [0.25, 0.3) is 5.91 Å². The summed E-state index contributed by atoms with van der Waals surface area (Å²) in [7, 11) is 0. The van der Waals surface area contributed by atoms with Gasteiger partial charge in [0.1, 0.15) is 17.3 Å². The first-order valence-electron chi connectivity index (χ1n) is 10.3. The van der Waals surface area contributed by atoms with Crippen molar-refractivity contribution in [3.8, 4) is 0 Å². The largest absolute Gasteiger partial charge is 0.416 e. The molecule has 1 amide bonds. The van der Waals surface area contributed by atoms with Crippen LogP contribution >= 0.6 is 0 Å². The first-order chi connectivity index (χ1) is 15.2. The summed E-state index contributed by atoms with van der Waals surface area (Å²) in [6, 6.07) is 10.0. The lowest BCUT2D eigenvalue weighted by atomic mass is 9.90. The minimum Gasteiger partial charge on any atom is -0.384 e. The zero-order valence-corrected chi connectivity index (χ0v) is 17.3. The molecule has 32 heavy (non-hydrogen) atoms. The third-order valence-corrected chi connectivity index (χ3v) is 6.04. The van der Waals surface area contributed by atoms with Crippen LogP contribution in [0.25, 0.3) is 0 Å². The van der Waals surface area contributed by atoms with E-state index in [0.717, 1.165) is 23.5 Å². The van der Waals surface area contributed by atoms with Crippen LogP contribution < -0.4 is 15.5 Å². The van der Waals surface area contributed by atoms with E-state index in [1.54, 1.807) is 16.9 Å². The van der Waals surface area contributed by atoms with E-state index in [1.165, 1.54) is 17.0 Å². The zero-order valence-electron chi connectivity index (χ0n) is 17.3. The molecule has 2 aromatic heterocycles. The number of fused-ring (bicyclic) bond motifs is 1. The van der Waals surface area contributed by atoms with E-state index in [4.69, 9.17) is 5.73 Å². The number of nitrogens with zero attached hydrogens (tertiary/aromatic N) is 5. The number of carbonyl (C=O) groups excluding carboxylic acids is 1. The van der Waals surface area contributed by atoms with E-state index < -0.39 is 11.7 Å². The standard InChI is InChI=1S/C22H21F3N6O/c1-13-10-30(16-7-5-15(6-8-16)22(23,24)25)21(32)20-17(9-27-31(13)20)14-11-29(12-14)19-4-2-3-18(26)28-19/h2-9,13-14H,10-12H2,1H3,(H2,26,28). The summed E-state index contributed by atoms with van der Waals surface area (Å²) in [4.78, 5) is 21.3. The molecule has 2 aliphatic rings. The SMILES string of the molecule is CC1CN(c2ccc(C(F)(F)F)cc2)C(=O)c2c(C3CN(c4cccc(N)n4)C3)cnn21. The highest BCUT2D eigenvalue weighted by atomic mass is 19.4. The van der Waals surface area contributed by atoms with Gasteiger partial charge in [0.15, 0.2) is 0 Å². The number of pyridine rings is 1. The van der Waals surface area contributed by atoms with Crippen LogP contribution in [-0.4, -0.2) is 40.3 Å². The Labute approximate surface area is 182 Å². The lowest BCUT2D eigenvalue weighted by Crippen LogP contribution is -2.47. The molecule has 2 aliphatic heterocycles. The molecule has 1 atom stereocenters. The summed E-state index contributed by atoms with van der Waals surface area (Å²) >= 11 is 0. The van der Waals surface area contributed by atoms with E-state index in [9.17, 15) is 18.0 Å². The van der Waals surface area contributed by atoms with Crippen molar-refractivity contribution in [2.24, 2.45) is 0 Å². The summed E-state index contributed by atoms with van der Waals surface area (Å²) in [5, 5.41) is 4.44. The molecule has 0 saturated carbocycles. The van der Waals surface area contributed by atoms with E-state index in [0.29, 0.717) is 36.8 Å². The molecule has 0 bridgehead atoms. The quantitative estimate of drug-likeness (QED) is 0.669. The summed E-state index contributed by atoms with van der Waals surface area (Å²) in [5.74, 6) is 1.08. The van der Waals surface area contributed by atoms with Gasteiger partial charge in [0.2, 0.25) is 0 Å². The van der Waals surface area contributed by atoms with Crippen molar-refractivity contribution in [1.82, 2.24) is 14.8 Å². The van der Waals surface area contributed by atoms with Gasteiger partial charge in [0.05, 0.1) is 17.8 Å². The van der Waals surface area contributed by atoms with Crippen LogP contribution in [0, 0.1) is 0 Å². The van der Waals surface area contributed by atoms with E-state index >= 15 is 0 Å². The van der Waals surface area contributed by atoms with Gasteiger partial charge in [-0.1, -0.05) is 6.07 Å². The van der Waals surface area contributed by atoms with Crippen LogP contribution in [0.1, 0.15) is 40.5 Å². The van der Waals surface area contributed by atoms with Crippen LogP contribution in [0.3, 0.4) is 0 Å². The molecular weight excluding hydrogens is 421 g/mol. The molecule has 5 rings (SSSR count). The molecule has 1 aromatic carbocycles. The second-order valence-electron chi connectivity index (χ2n) is 8.23. The van der Waals surface area contributed by atoms with Gasteiger partial charge >= 0.3 is 6.18 Å². The highest BCUT2D eigenvalue weighted by molar-refractivity contribution is 6.07. The highest BCUT2D eigenvalue weighted by Crippen LogP contribution is 2.37. The number of nitrogen functional groups attached to an aromatic ring is 1. The van der Waals surface area contributed by atoms with Crippen molar-refractivity contribution in [1.29, 1.82) is 0 Å². The maximum atomic E-state index is 13.4. The maximum absolute atomic E-state index is 13.4. The van der Waals surface area contributed by atoms with Crippen molar-refractivity contribution < 1.29 is 18.0 Å². The summed E-state index contributed by atoms with van der Waals surface area (Å²) in [6.07, 6.45) is -2.69. The Bertz CT molecular complexity index is 1170. The second-order valence-corrected chi connectivity index (χ2v) is 8.23. The summed E-state index contributed by atoms with van der Waals surface area (Å²) in [6.45, 7) is 3.63. The van der Waals surface area contributed by atoms with Crippen molar-refractivity contribution in [2.45, 2.75) is 25.1 Å². The molecule has 2 N–H and O–H groups in total. The van der Waals surface area contributed by atoms with E-state index in [-0.39, 0.29) is 17.9 Å². The van der Waals surface area contributed by atoms with Gasteiger partial charge in [-0.2, -0.15) is 18.3 Å². The fourth-order valence-electron chi connectivity index (χ4n) is 4.31. The predicted octanol–water partition coefficient (Wildman–Crippen LogP) is 3.70. The third kappa shape index (κ3) is 3.35. The Morgan fingerprint density at radius 3 is 2.44 bits per heavy atom. The highest BCUT2D eigenvalue weighted by Gasteiger charge is 2.39. The molecule has 0 aliphatic carbocycles. The van der Waals surface area contributed by atoms with Gasteiger partial charge in [-0.3, -0.25) is 9.48 Å². The number of aromatic nitrogens is 3. The average Bonchev–Trinajstić information content (AvgIpc) is 3.15. The monoisotopic (exact) mass is 442 g/mol. The molecule has 3 aromatic rings. The average molecular weight is 442 g/mol. The first-order valence-corrected chi connectivity index (χ1v) is 10.3. The fourth-order valence-corrected chi connectivity index (χ4v) is 4.31. The Morgan fingerprint density at radius 1 is 1.06 bits per heavy atom. The van der Waals surface area contributed by atoms with Crippen molar-refractivity contribution in [2.75, 3.05) is 35.2 Å². The topological polar surface area (TPSA) is 80.3 Å². The number of carbonyl (C=O) groups is 1. The van der Waals surface area contributed by atoms with Crippen molar-refractivity contribution in [3.63, 3.8) is 0 Å². The Kier molecular flexibility index (Phi) is 4.61. The molecule has 4 heterocycles. The minimum absolute atomic E-state index is 0.102. The van der Waals surface area contributed by atoms with Gasteiger partial charge in [0, 0.05) is 36.8 Å². The van der Waals surface area contributed by atoms with Crippen LogP contribution in [0.5, 0.6) is 0 Å². The van der Waals surface area contributed by atoms with Crippen molar-refractivity contribution >= 4 is 23.2 Å². The molecule has 1 saturated heterocycles. The first kappa shape index (κ1) is 20.3. The number of amides is 1. The Balaban J connectivity index is 1.39. The summed E-state index contributed by atoms with van der Waals surface area (Å²) in [5.41, 5.74) is 6.81. The van der Waals surface area contributed by atoms with Crippen LogP contribution in [0.15, 0.2) is 48.7 Å². The molecule has 10 heteroatoms.